The number of hydrogen-bond donors (Lipinski definition) is 0. The van der Waals surface area contributed by atoms with Crippen LogP contribution in [0.5, 0.6) is 5.75 Å². The Morgan fingerprint density at radius 2 is 2.06 bits per heavy atom. The minimum absolute atomic E-state index is 0.0348. The van der Waals surface area contributed by atoms with Gasteiger partial charge in [-0.1, -0.05) is 19.9 Å². The van der Waals surface area contributed by atoms with E-state index >= 15 is 0 Å². The maximum Gasteiger partial charge on any atom is 0.139 e. The summed E-state index contributed by atoms with van der Waals surface area (Å²) in [6.45, 7) is 4.23. The predicted octanol–water partition coefficient (Wildman–Crippen LogP) is 3.55. The molecule has 96 valence electrons. The Morgan fingerprint density at radius 1 is 1.28 bits per heavy atom. The summed E-state index contributed by atoms with van der Waals surface area (Å²) in [7, 11) is 1.64. The predicted molar refractivity (Wildman–Crippen MR) is 72.7 cm³/mol. The third-order valence-corrected chi connectivity index (χ3v) is 3.10. The summed E-state index contributed by atoms with van der Waals surface area (Å²) in [5.41, 5.74) is 1.87. The van der Waals surface area contributed by atoms with Gasteiger partial charge >= 0.3 is 0 Å². The molecule has 1 aliphatic rings. The molecule has 0 N–H and O–H groups in total. The standard InChI is InChI=1S/C15H19NO2/c1-15(2)9-12(7-13(17)10-15)16-11-5-4-6-14(8-11)18-3/h4-6,8H,7,9-10H2,1-3H3. The number of aliphatic imine (C=N–C) groups is 1. The third-order valence-electron chi connectivity index (χ3n) is 3.10. The van der Waals surface area contributed by atoms with Gasteiger partial charge in [0.25, 0.3) is 0 Å². The molecule has 0 saturated heterocycles. The zero-order valence-corrected chi connectivity index (χ0v) is 11.2. The second-order valence-electron chi connectivity index (χ2n) is 5.61. The third kappa shape index (κ3) is 3.19. The summed E-state index contributed by atoms with van der Waals surface area (Å²) in [5.74, 6) is 1.08. The number of carbonyl (C=O) groups excluding carboxylic acids is 1. The van der Waals surface area contributed by atoms with Crippen molar-refractivity contribution in [3.05, 3.63) is 24.3 Å². The largest absolute Gasteiger partial charge is 0.497 e. The van der Waals surface area contributed by atoms with Crippen LogP contribution in [0.25, 0.3) is 0 Å². The molecule has 3 nitrogen and oxygen atoms in total. The van der Waals surface area contributed by atoms with Crippen LogP contribution in [0.15, 0.2) is 29.3 Å². The first-order chi connectivity index (χ1) is 8.48. The quantitative estimate of drug-likeness (QED) is 0.799. The van der Waals surface area contributed by atoms with Crippen LogP contribution >= 0.6 is 0 Å². The van der Waals surface area contributed by atoms with Crippen molar-refractivity contribution >= 4 is 17.2 Å². The lowest BCUT2D eigenvalue weighted by Gasteiger charge is -2.29. The Balaban J connectivity index is 2.24. The van der Waals surface area contributed by atoms with E-state index in [1.165, 1.54) is 0 Å². The fourth-order valence-corrected chi connectivity index (χ4v) is 2.44. The number of benzene rings is 1. The van der Waals surface area contributed by atoms with Gasteiger partial charge in [0.15, 0.2) is 0 Å². The van der Waals surface area contributed by atoms with Crippen LogP contribution in [-0.2, 0) is 4.79 Å². The van der Waals surface area contributed by atoms with Crippen LogP contribution in [0.4, 0.5) is 5.69 Å². The maximum absolute atomic E-state index is 11.7. The molecule has 0 heterocycles. The Bertz CT molecular complexity index is 489. The number of nitrogens with zero attached hydrogens (tertiary/aromatic N) is 1. The fourth-order valence-electron chi connectivity index (χ4n) is 2.44. The Morgan fingerprint density at radius 3 is 2.72 bits per heavy atom. The minimum atomic E-state index is 0.0348. The van der Waals surface area contributed by atoms with E-state index < -0.39 is 0 Å². The molecule has 0 aliphatic heterocycles. The summed E-state index contributed by atoms with van der Waals surface area (Å²) >= 11 is 0. The fraction of sp³-hybridized carbons (Fsp3) is 0.467. The molecule has 0 spiro atoms. The van der Waals surface area contributed by atoms with Gasteiger partial charge in [0.1, 0.15) is 11.5 Å². The second-order valence-corrected chi connectivity index (χ2v) is 5.61. The number of ketones is 1. The lowest BCUT2D eigenvalue weighted by Crippen LogP contribution is -2.28. The summed E-state index contributed by atoms with van der Waals surface area (Å²) in [6, 6.07) is 7.62. The number of methoxy groups -OCH3 is 1. The van der Waals surface area contributed by atoms with E-state index in [2.05, 4.69) is 18.8 Å². The minimum Gasteiger partial charge on any atom is -0.497 e. The topological polar surface area (TPSA) is 38.7 Å². The zero-order chi connectivity index (χ0) is 13.2. The number of hydrogen-bond acceptors (Lipinski definition) is 3. The number of ether oxygens (including phenoxy) is 1. The van der Waals surface area contributed by atoms with Crippen molar-refractivity contribution in [1.82, 2.24) is 0 Å². The van der Waals surface area contributed by atoms with Crippen LogP contribution in [0.3, 0.4) is 0 Å². The molecule has 1 saturated carbocycles. The van der Waals surface area contributed by atoms with Crippen LogP contribution < -0.4 is 4.74 Å². The van der Waals surface area contributed by atoms with Crippen molar-refractivity contribution in [3.63, 3.8) is 0 Å². The molecule has 0 amide bonds. The summed E-state index contributed by atoms with van der Waals surface area (Å²) in [4.78, 5) is 16.3. The van der Waals surface area contributed by atoms with Crippen molar-refractivity contribution < 1.29 is 9.53 Å². The van der Waals surface area contributed by atoms with Crippen molar-refractivity contribution in [2.45, 2.75) is 33.1 Å². The van der Waals surface area contributed by atoms with E-state index in [1.54, 1.807) is 7.11 Å². The van der Waals surface area contributed by atoms with Crippen molar-refractivity contribution in [2.75, 3.05) is 7.11 Å². The van der Waals surface area contributed by atoms with Crippen LogP contribution in [-0.4, -0.2) is 18.6 Å². The molecule has 3 heteroatoms. The maximum atomic E-state index is 11.7. The SMILES string of the molecule is COc1cccc(N=C2CC(=O)CC(C)(C)C2)c1. The van der Waals surface area contributed by atoms with Crippen LogP contribution in [0.1, 0.15) is 33.1 Å². The normalized spacial score (nSPS) is 21.1. The highest BCUT2D eigenvalue weighted by Crippen LogP contribution is 2.33. The molecule has 0 aromatic heterocycles. The molecular weight excluding hydrogens is 226 g/mol. The highest BCUT2D eigenvalue weighted by molar-refractivity contribution is 6.05. The molecule has 0 atom stereocenters. The molecule has 0 bridgehead atoms. The van der Waals surface area contributed by atoms with Gasteiger partial charge in [0.2, 0.25) is 0 Å². The molecular formula is C15H19NO2. The first-order valence-electron chi connectivity index (χ1n) is 6.21. The Labute approximate surface area is 108 Å². The summed E-state index contributed by atoms with van der Waals surface area (Å²) < 4.78 is 5.17. The molecule has 18 heavy (non-hydrogen) atoms. The van der Waals surface area contributed by atoms with E-state index in [0.29, 0.717) is 12.8 Å². The average molecular weight is 245 g/mol. The lowest BCUT2D eigenvalue weighted by molar-refractivity contribution is -0.120. The molecule has 0 unspecified atom stereocenters. The number of carbonyl (C=O) groups is 1. The van der Waals surface area contributed by atoms with Crippen LogP contribution in [0, 0.1) is 5.41 Å². The van der Waals surface area contributed by atoms with Crippen molar-refractivity contribution in [2.24, 2.45) is 10.4 Å². The van der Waals surface area contributed by atoms with E-state index in [9.17, 15) is 4.79 Å². The van der Waals surface area contributed by atoms with Gasteiger partial charge in [-0.25, -0.2) is 0 Å². The van der Waals surface area contributed by atoms with Gasteiger partial charge in [-0.2, -0.15) is 0 Å². The molecule has 1 aromatic rings. The van der Waals surface area contributed by atoms with E-state index in [1.807, 2.05) is 24.3 Å². The average Bonchev–Trinajstić information content (AvgIpc) is 2.26. The van der Waals surface area contributed by atoms with Gasteiger partial charge < -0.3 is 4.74 Å². The number of rotatable bonds is 2. The first-order valence-corrected chi connectivity index (χ1v) is 6.21. The molecule has 1 aromatic carbocycles. The molecule has 2 rings (SSSR count). The van der Waals surface area contributed by atoms with Gasteiger partial charge in [-0.05, 0) is 24.0 Å². The van der Waals surface area contributed by atoms with E-state index in [4.69, 9.17) is 4.74 Å². The Kier molecular flexibility index (Phi) is 3.50. The Hall–Kier alpha value is -1.64. The summed E-state index contributed by atoms with van der Waals surface area (Å²) in [5, 5.41) is 0. The smallest absolute Gasteiger partial charge is 0.139 e. The monoisotopic (exact) mass is 245 g/mol. The molecule has 0 radical (unpaired) electrons. The van der Waals surface area contributed by atoms with Gasteiger partial charge in [0, 0.05) is 24.6 Å². The van der Waals surface area contributed by atoms with E-state index in [-0.39, 0.29) is 11.2 Å². The highest BCUT2D eigenvalue weighted by Gasteiger charge is 2.30. The summed E-state index contributed by atoms with van der Waals surface area (Å²) in [6.07, 6.45) is 2.03. The highest BCUT2D eigenvalue weighted by atomic mass is 16.5. The van der Waals surface area contributed by atoms with Crippen LogP contribution in [0.2, 0.25) is 0 Å². The van der Waals surface area contributed by atoms with Gasteiger partial charge in [-0.3, -0.25) is 9.79 Å². The van der Waals surface area contributed by atoms with E-state index in [0.717, 1.165) is 23.6 Å². The second kappa shape index (κ2) is 4.92. The van der Waals surface area contributed by atoms with Gasteiger partial charge in [-0.15, -0.1) is 0 Å². The zero-order valence-electron chi connectivity index (χ0n) is 11.2. The molecule has 1 fully saturated rings. The number of Topliss-reactive ketones (excluding diaryl/α,β-unsaturated/α-hetero) is 1. The van der Waals surface area contributed by atoms with Crippen molar-refractivity contribution in [1.29, 1.82) is 0 Å². The lowest BCUT2D eigenvalue weighted by atomic mass is 9.76. The first kappa shape index (κ1) is 12.8. The van der Waals surface area contributed by atoms with Gasteiger partial charge in [0.05, 0.1) is 12.8 Å². The van der Waals surface area contributed by atoms with Crippen molar-refractivity contribution in [3.8, 4) is 5.75 Å². The molecule has 1 aliphatic carbocycles.